The molecule has 0 bridgehead atoms. The Hall–Kier alpha value is -1.69. The normalized spacial score (nSPS) is 19.5. The molecule has 2 N–H and O–H groups in total. The van der Waals surface area contributed by atoms with Crippen LogP contribution in [-0.2, 0) is 4.79 Å². The summed E-state index contributed by atoms with van der Waals surface area (Å²) in [5.74, 6) is 3.04. The van der Waals surface area contributed by atoms with Crippen molar-refractivity contribution >= 4 is 23.6 Å². The van der Waals surface area contributed by atoms with Crippen molar-refractivity contribution in [3.63, 3.8) is 0 Å². The van der Waals surface area contributed by atoms with Crippen molar-refractivity contribution in [2.45, 2.75) is 31.8 Å². The average Bonchev–Trinajstić information content (AvgIpc) is 2.60. The minimum atomic E-state index is 0.00137. The number of amides is 1. The minimum Gasteiger partial charge on any atom is -0.353 e. The number of nitrogens with one attached hydrogen (secondary N) is 2. The van der Waals surface area contributed by atoms with Crippen LogP contribution in [0.15, 0.2) is 35.3 Å². The molecule has 2 rings (SSSR count). The summed E-state index contributed by atoms with van der Waals surface area (Å²) >= 11 is 1.97. The van der Waals surface area contributed by atoms with Gasteiger partial charge in [0.2, 0.25) is 5.91 Å². The number of benzene rings is 1. The third-order valence-electron chi connectivity index (χ3n) is 4.03. The zero-order valence-corrected chi connectivity index (χ0v) is 15.6. The van der Waals surface area contributed by atoms with E-state index in [1.807, 2.05) is 30.0 Å². The lowest BCUT2D eigenvalue weighted by Crippen LogP contribution is -2.46. The standard InChI is InChI=1S/C18H28N4OS/c1-14(15-8-5-4-6-9-15)20-18(19-12-17(23)22(2)3)21-16-10-7-11-24-13-16/h4-6,8-9,14,16H,7,10-13H2,1-3H3,(H2,19,20,21). The first-order valence-corrected chi connectivity index (χ1v) is 9.62. The number of nitrogens with zero attached hydrogens (tertiary/aromatic N) is 2. The van der Waals surface area contributed by atoms with E-state index in [4.69, 9.17) is 0 Å². The molecule has 24 heavy (non-hydrogen) atoms. The Morgan fingerprint density at radius 2 is 2.12 bits per heavy atom. The summed E-state index contributed by atoms with van der Waals surface area (Å²) in [6.07, 6.45) is 2.37. The lowest BCUT2D eigenvalue weighted by atomic mass is 10.1. The number of carbonyl (C=O) groups excluding carboxylic acids is 1. The van der Waals surface area contributed by atoms with Crippen molar-refractivity contribution in [2.75, 3.05) is 32.1 Å². The maximum absolute atomic E-state index is 11.9. The molecule has 0 radical (unpaired) electrons. The van der Waals surface area contributed by atoms with E-state index in [-0.39, 0.29) is 18.5 Å². The maximum Gasteiger partial charge on any atom is 0.243 e. The van der Waals surface area contributed by atoms with Crippen LogP contribution in [0.2, 0.25) is 0 Å². The predicted octanol–water partition coefficient (Wildman–Crippen LogP) is 2.27. The second-order valence-electron chi connectivity index (χ2n) is 6.29. The second kappa shape index (κ2) is 9.57. The van der Waals surface area contributed by atoms with Crippen molar-refractivity contribution in [3.05, 3.63) is 35.9 Å². The van der Waals surface area contributed by atoms with Gasteiger partial charge in [-0.15, -0.1) is 0 Å². The second-order valence-corrected chi connectivity index (χ2v) is 7.44. The van der Waals surface area contributed by atoms with Crippen LogP contribution in [0.25, 0.3) is 0 Å². The highest BCUT2D eigenvalue weighted by Crippen LogP contribution is 2.17. The first-order chi connectivity index (χ1) is 11.6. The topological polar surface area (TPSA) is 56.7 Å². The van der Waals surface area contributed by atoms with E-state index in [1.165, 1.54) is 17.7 Å². The third-order valence-corrected chi connectivity index (χ3v) is 5.24. The molecule has 0 spiro atoms. The maximum atomic E-state index is 11.9. The van der Waals surface area contributed by atoms with E-state index in [1.54, 1.807) is 19.0 Å². The highest BCUT2D eigenvalue weighted by molar-refractivity contribution is 7.99. The van der Waals surface area contributed by atoms with Crippen LogP contribution in [-0.4, -0.2) is 55.0 Å². The van der Waals surface area contributed by atoms with Crippen molar-refractivity contribution in [1.82, 2.24) is 15.5 Å². The zero-order valence-electron chi connectivity index (χ0n) is 14.8. The molecular formula is C18H28N4OS. The Morgan fingerprint density at radius 1 is 1.38 bits per heavy atom. The van der Waals surface area contributed by atoms with Crippen LogP contribution in [0, 0.1) is 0 Å². The molecule has 6 heteroatoms. The van der Waals surface area contributed by atoms with Crippen LogP contribution < -0.4 is 10.6 Å². The van der Waals surface area contributed by atoms with Gasteiger partial charge in [0.25, 0.3) is 0 Å². The van der Waals surface area contributed by atoms with Gasteiger partial charge >= 0.3 is 0 Å². The number of hydrogen-bond donors (Lipinski definition) is 2. The molecular weight excluding hydrogens is 320 g/mol. The number of hydrogen-bond acceptors (Lipinski definition) is 3. The molecule has 1 saturated heterocycles. The molecule has 1 aromatic carbocycles. The molecule has 0 aliphatic carbocycles. The van der Waals surface area contributed by atoms with Crippen LogP contribution in [0.3, 0.4) is 0 Å². The van der Waals surface area contributed by atoms with Gasteiger partial charge in [-0.2, -0.15) is 11.8 Å². The van der Waals surface area contributed by atoms with Gasteiger partial charge in [0.15, 0.2) is 5.96 Å². The Bertz CT molecular complexity index is 541. The molecule has 0 saturated carbocycles. The summed E-state index contributed by atoms with van der Waals surface area (Å²) in [6.45, 7) is 2.26. The highest BCUT2D eigenvalue weighted by Gasteiger charge is 2.17. The Morgan fingerprint density at radius 3 is 2.75 bits per heavy atom. The zero-order chi connectivity index (χ0) is 17.4. The molecule has 1 heterocycles. The molecule has 2 unspecified atom stereocenters. The Kier molecular flexibility index (Phi) is 7.43. The molecule has 1 aliphatic heterocycles. The molecule has 0 aromatic heterocycles. The summed E-state index contributed by atoms with van der Waals surface area (Å²) in [5, 5.41) is 6.93. The largest absolute Gasteiger partial charge is 0.353 e. The van der Waals surface area contributed by atoms with Gasteiger partial charge < -0.3 is 15.5 Å². The number of rotatable bonds is 5. The number of likely N-dealkylation sites (N-methyl/N-ethyl adjacent to an activating group) is 1. The first kappa shape index (κ1) is 18.6. The molecule has 2 atom stereocenters. The third kappa shape index (κ3) is 6.07. The lowest BCUT2D eigenvalue weighted by molar-refractivity contribution is -0.127. The van der Waals surface area contributed by atoms with Crippen LogP contribution in [0.5, 0.6) is 0 Å². The van der Waals surface area contributed by atoms with E-state index < -0.39 is 0 Å². The minimum absolute atomic E-state index is 0.00137. The molecule has 1 aliphatic rings. The summed E-state index contributed by atoms with van der Waals surface area (Å²) in [7, 11) is 3.51. The van der Waals surface area contributed by atoms with Gasteiger partial charge in [0.05, 0.1) is 6.04 Å². The van der Waals surface area contributed by atoms with Crippen LogP contribution in [0.1, 0.15) is 31.4 Å². The highest BCUT2D eigenvalue weighted by atomic mass is 32.2. The van der Waals surface area contributed by atoms with E-state index in [0.717, 1.165) is 12.2 Å². The van der Waals surface area contributed by atoms with Gasteiger partial charge in [-0.05, 0) is 31.1 Å². The smallest absolute Gasteiger partial charge is 0.243 e. The Balaban J connectivity index is 2.03. The SMILES string of the molecule is CC(NC(=NCC(=O)N(C)C)NC1CCCSC1)c1ccccc1. The number of carbonyl (C=O) groups is 1. The summed E-state index contributed by atoms with van der Waals surface area (Å²) in [5.41, 5.74) is 1.20. The van der Waals surface area contributed by atoms with Gasteiger partial charge in [-0.25, -0.2) is 4.99 Å². The van der Waals surface area contributed by atoms with Crippen molar-refractivity contribution < 1.29 is 4.79 Å². The lowest BCUT2D eigenvalue weighted by Gasteiger charge is -2.26. The quantitative estimate of drug-likeness (QED) is 0.633. The molecule has 132 valence electrons. The van der Waals surface area contributed by atoms with Gasteiger partial charge in [0.1, 0.15) is 6.54 Å². The van der Waals surface area contributed by atoms with E-state index >= 15 is 0 Å². The fourth-order valence-electron chi connectivity index (χ4n) is 2.50. The summed E-state index contributed by atoms with van der Waals surface area (Å²) < 4.78 is 0. The molecule has 1 fully saturated rings. The summed E-state index contributed by atoms with van der Waals surface area (Å²) in [6, 6.07) is 10.8. The predicted molar refractivity (Wildman–Crippen MR) is 102 cm³/mol. The van der Waals surface area contributed by atoms with E-state index in [9.17, 15) is 4.79 Å². The van der Waals surface area contributed by atoms with E-state index in [2.05, 4.69) is 34.7 Å². The summed E-state index contributed by atoms with van der Waals surface area (Å²) in [4.78, 5) is 17.9. The number of thioether (sulfide) groups is 1. The van der Waals surface area contributed by atoms with Crippen molar-refractivity contribution in [3.8, 4) is 0 Å². The van der Waals surface area contributed by atoms with Crippen molar-refractivity contribution in [1.29, 1.82) is 0 Å². The van der Waals surface area contributed by atoms with Gasteiger partial charge in [-0.3, -0.25) is 4.79 Å². The monoisotopic (exact) mass is 348 g/mol. The number of aliphatic imine (C=N–C) groups is 1. The fraction of sp³-hybridized carbons (Fsp3) is 0.556. The first-order valence-electron chi connectivity index (χ1n) is 8.46. The van der Waals surface area contributed by atoms with Crippen molar-refractivity contribution in [2.24, 2.45) is 4.99 Å². The van der Waals surface area contributed by atoms with Crippen LogP contribution in [0.4, 0.5) is 0 Å². The molecule has 1 amide bonds. The average molecular weight is 349 g/mol. The van der Waals surface area contributed by atoms with E-state index in [0.29, 0.717) is 12.0 Å². The molecule has 5 nitrogen and oxygen atoms in total. The molecule has 1 aromatic rings. The van der Waals surface area contributed by atoms with Crippen LogP contribution >= 0.6 is 11.8 Å². The Labute approximate surface area is 149 Å². The number of guanidine groups is 1. The van der Waals surface area contributed by atoms with Gasteiger partial charge in [-0.1, -0.05) is 30.3 Å². The fourth-order valence-corrected chi connectivity index (χ4v) is 3.57. The van der Waals surface area contributed by atoms with Gasteiger partial charge in [0, 0.05) is 25.9 Å².